The summed E-state index contributed by atoms with van der Waals surface area (Å²) < 4.78 is 26.5. The number of rotatable bonds is 2. The van der Waals surface area contributed by atoms with Crippen LogP contribution in [0.4, 0.5) is 0 Å². The summed E-state index contributed by atoms with van der Waals surface area (Å²) in [6.45, 7) is 3.14. The first-order valence-electron chi connectivity index (χ1n) is 6.15. The van der Waals surface area contributed by atoms with Crippen LogP contribution in [0.2, 0.25) is 5.02 Å². The molecule has 0 radical (unpaired) electrons. The van der Waals surface area contributed by atoms with Crippen molar-refractivity contribution in [3.05, 3.63) is 28.8 Å². The van der Waals surface area contributed by atoms with E-state index in [1.807, 2.05) is 6.07 Å². The molecule has 0 aliphatic carbocycles. The van der Waals surface area contributed by atoms with Gasteiger partial charge in [0.05, 0.1) is 16.7 Å². The fourth-order valence-corrected chi connectivity index (χ4v) is 4.11. The third-order valence-electron chi connectivity index (χ3n) is 3.42. The molecule has 6 heteroatoms. The van der Waals surface area contributed by atoms with Crippen molar-refractivity contribution in [2.24, 2.45) is 5.92 Å². The molecule has 1 saturated heterocycles. The topological polar surface area (TPSA) is 61.2 Å². The molecule has 0 amide bonds. The normalized spacial score (nSPS) is 18.2. The molecule has 0 aromatic heterocycles. The first kappa shape index (κ1) is 14.3. The monoisotopic (exact) mass is 298 g/mol. The van der Waals surface area contributed by atoms with E-state index in [0.29, 0.717) is 24.6 Å². The SMILES string of the molecule is CC1CCN(S(=O)(=O)c2cc(C#N)ccc2Cl)CC1. The molecule has 19 heavy (non-hydrogen) atoms. The van der Waals surface area contributed by atoms with Gasteiger partial charge in [-0.1, -0.05) is 18.5 Å². The maximum absolute atomic E-state index is 12.5. The molecule has 0 saturated carbocycles. The van der Waals surface area contributed by atoms with Gasteiger partial charge in [0.1, 0.15) is 4.90 Å². The molecule has 1 aliphatic heterocycles. The predicted octanol–water partition coefficient (Wildman–Crippen LogP) is 2.63. The third-order valence-corrected chi connectivity index (χ3v) is 5.80. The maximum Gasteiger partial charge on any atom is 0.244 e. The number of sulfonamides is 1. The zero-order chi connectivity index (χ0) is 14.0. The van der Waals surface area contributed by atoms with Gasteiger partial charge in [0.15, 0.2) is 0 Å². The average Bonchev–Trinajstić information content (AvgIpc) is 2.39. The second kappa shape index (κ2) is 5.49. The molecule has 0 N–H and O–H groups in total. The van der Waals surface area contributed by atoms with E-state index in [0.717, 1.165) is 12.8 Å². The van der Waals surface area contributed by atoms with Gasteiger partial charge in [-0.15, -0.1) is 0 Å². The zero-order valence-electron chi connectivity index (χ0n) is 10.6. The highest BCUT2D eigenvalue weighted by Gasteiger charge is 2.29. The molecule has 102 valence electrons. The second-order valence-corrected chi connectivity index (χ2v) is 7.16. The molecular weight excluding hydrogens is 284 g/mol. The quantitative estimate of drug-likeness (QED) is 0.843. The summed E-state index contributed by atoms with van der Waals surface area (Å²) in [7, 11) is -3.60. The Morgan fingerprint density at radius 1 is 1.37 bits per heavy atom. The van der Waals surface area contributed by atoms with Crippen molar-refractivity contribution >= 4 is 21.6 Å². The Kier molecular flexibility index (Phi) is 4.14. The standard InChI is InChI=1S/C13H15ClN2O2S/c1-10-4-6-16(7-5-10)19(17,18)13-8-11(9-15)2-3-12(13)14/h2-3,8,10H,4-7H2,1H3. The first-order valence-corrected chi connectivity index (χ1v) is 7.96. The highest BCUT2D eigenvalue weighted by Crippen LogP contribution is 2.28. The number of halogens is 1. The van der Waals surface area contributed by atoms with E-state index in [4.69, 9.17) is 16.9 Å². The Morgan fingerprint density at radius 3 is 2.58 bits per heavy atom. The third kappa shape index (κ3) is 2.92. The largest absolute Gasteiger partial charge is 0.244 e. The average molecular weight is 299 g/mol. The van der Waals surface area contributed by atoms with E-state index in [1.165, 1.54) is 22.5 Å². The summed E-state index contributed by atoms with van der Waals surface area (Å²) in [5, 5.41) is 9.03. The lowest BCUT2D eigenvalue weighted by atomic mass is 10.0. The van der Waals surface area contributed by atoms with Gasteiger partial charge >= 0.3 is 0 Å². The van der Waals surface area contributed by atoms with Gasteiger partial charge in [-0.3, -0.25) is 0 Å². The Hall–Kier alpha value is -1.09. The summed E-state index contributed by atoms with van der Waals surface area (Å²) in [6.07, 6.45) is 1.71. The molecule has 1 aromatic rings. The summed E-state index contributed by atoms with van der Waals surface area (Å²) in [5.74, 6) is 0.548. The molecule has 4 nitrogen and oxygen atoms in total. The van der Waals surface area contributed by atoms with Crippen LogP contribution in [0.25, 0.3) is 0 Å². The highest BCUT2D eigenvalue weighted by atomic mass is 35.5. The summed E-state index contributed by atoms with van der Waals surface area (Å²) in [5.41, 5.74) is 0.299. The first-order chi connectivity index (χ1) is 8.95. The van der Waals surface area contributed by atoms with E-state index < -0.39 is 10.0 Å². The van der Waals surface area contributed by atoms with Gasteiger partial charge in [-0.05, 0) is 37.0 Å². The van der Waals surface area contributed by atoms with Crippen molar-refractivity contribution in [3.63, 3.8) is 0 Å². The van der Waals surface area contributed by atoms with Crippen molar-refractivity contribution < 1.29 is 8.42 Å². The van der Waals surface area contributed by atoms with Crippen molar-refractivity contribution in [2.75, 3.05) is 13.1 Å². The van der Waals surface area contributed by atoms with E-state index in [9.17, 15) is 8.42 Å². The van der Waals surface area contributed by atoms with Crippen molar-refractivity contribution in [2.45, 2.75) is 24.7 Å². The van der Waals surface area contributed by atoms with E-state index in [2.05, 4.69) is 6.92 Å². The van der Waals surface area contributed by atoms with Crippen molar-refractivity contribution in [3.8, 4) is 6.07 Å². The Labute approximate surface area is 118 Å². The number of piperidine rings is 1. The highest BCUT2D eigenvalue weighted by molar-refractivity contribution is 7.89. The maximum atomic E-state index is 12.5. The molecule has 0 atom stereocenters. The molecule has 0 spiro atoms. The lowest BCUT2D eigenvalue weighted by Gasteiger charge is -2.29. The van der Waals surface area contributed by atoms with E-state index in [1.54, 1.807) is 0 Å². The Bertz CT molecular complexity index is 614. The molecule has 1 aliphatic rings. The number of hydrogen-bond donors (Lipinski definition) is 0. The molecule has 1 aromatic carbocycles. The lowest BCUT2D eigenvalue weighted by Crippen LogP contribution is -2.38. The van der Waals surface area contributed by atoms with Crippen LogP contribution in [0.3, 0.4) is 0 Å². The Balaban J connectivity index is 2.37. The van der Waals surface area contributed by atoms with E-state index in [-0.39, 0.29) is 9.92 Å². The molecule has 1 fully saturated rings. The van der Waals surface area contributed by atoms with Gasteiger partial charge < -0.3 is 0 Å². The lowest BCUT2D eigenvalue weighted by molar-refractivity contribution is 0.288. The molecule has 0 bridgehead atoms. The smallest absolute Gasteiger partial charge is 0.207 e. The van der Waals surface area contributed by atoms with Crippen molar-refractivity contribution in [1.29, 1.82) is 5.26 Å². The summed E-state index contributed by atoms with van der Waals surface area (Å²) in [4.78, 5) is 0.0303. The minimum Gasteiger partial charge on any atom is -0.207 e. The van der Waals surface area contributed by atoms with Crippen molar-refractivity contribution in [1.82, 2.24) is 4.31 Å². The van der Waals surface area contributed by atoms with E-state index >= 15 is 0 Å². The summed E-state index contributed by atoms with van der Waals surface area (Å²) >= 11 is 5.97. The van der Waals surface area contributed by atoms with Gasteiger partial charge in [0.2, 0.25) is 10.0 Å². The van der Waals surface area contributed by atoms with Crippen LogP contribution in [-0.2, 0) is 10.0 Å². The van der Waals surface area contributed by atoms with Crippen LogP contribution in [0, 0.1) is 17.2 Å². The second-order valence-electron chi connectivity index (χ2n) is 4.84. The van der Waals surface area contributed by atoms with Gasteiger partial charge in [-0.2, -0.15) is 9.57 Å². The van der Waals surface area contributed by atoms with Crippen LogP contribution in [0.5, 0.6) is 0 Å². The number of nitriles is 1. The number of benzene rings is 1. The number of hydrogen-bond acceptors (Lipinski definition) is 3. The minimum absolute atomic E-state index is 0.0303. The Morgan fingerprint density at radius 2 is 2.00 bits per heavy atom. The molecule has 2 rings (SSSR count). The van der Waals surface area contributed by atoms with Crippen LogP contribution in [0.1, 0.15) is 25.3 Å². The van der Waals surface area contributed by atoms with Gasteiger partial charge in [-0.25, -0.2) is 8.42 Å². The molecule has 1 heterocycles. The predicted molar refractivity (Wildman–Crippen MR) is 73.3 cm³/mol. The fraction of sp³-hybridized carbons (Fsp3) is 0.462. The van der Waals surface area contributed by atoms with Crippen LogP contribution >= 0.6 is 11.6 Å². The van der Waals surface area contributed by atoms with Crippen LogP contribution in [0.15, 0.2) is 23.1 Å². The van der Waals surface area contributed by atoms with Crippen LogP contribution < -0.4 is 0 Å². The summed E-state index contributed by atoms with van der Waals surface area (Å²) in [6, 6.07) is 6.25. The molecule has 0 unspecified atom stereocenters. The minimum atomic E-state index is -3.60. The van der Waals surface area contributed by atoms with Gasteiger partial charge in [0, 0.05) is 13.1 Å². The molecular formula is C13H15ClN2O2S. The zero-order valence-corrected chi connectivity index (χ0v) is 12.2. The van der Waals surface area contributed by atoms with Crippen LogP contribution in [-0.4, -0.2) is 25.8 Å². The number of nitrogens with zero attached hydrogens (tertiary/aromatic N) is 2. The fourth-order valence-electron chi connectivity index (χ4n) is 2.13. The van der Waals surface area contributed by atoms with Gasteiger partial charge in [0.25, 0.3) is 0 Å².